The highest BCUT2D eigenvalue weighted by atomic mass is 16.5. The molecule has 0 aliphatic carbocycles. The molecule has 3 heterocycles. The summed E-state index contributed by atoms with van der Waals surface area (Å²) in [7, 11) is 0. The largest absolute Gasteiger partial charge is 0.481 e. The number of carboxylic acids is 1. The number of rotatable bonds is 9. The average molecular weight is 423 g/mol. The van der Waals surface area contributed by atoms with Crippen LogP contribution in [0.4, 0.5) is 0 Å². The highest BCUT2D eigenvalue weighted by molar-refractivity contribution is 5.98. The fraction of sp³-hybridized carbons (Fsp3) is 0.773. The van der Waals surface area contributed by atoms with Crippen LogP contribution in [0.2, 0.25) is 0 Å². The molecule has 0 radical (unpaired) electrons. The molecule has 2 amide bonds. The standard InChI is InChI=1S/C22H34N2O6/c1-6-9-23(13(4)5)20(27)18-22-8-7-15(30-22)16(21(28)29)17(22)19(26)24(18)14(11-25)10-12(2)3/h6,12-18,25H,1,7-11H2,2-5H3,(H,28,29)/t14-,15+,16-,17-,18+,22-/m1/s1. The zero-order valence-electron chi connectivity index (χ0n) is 18.3. The molecular weight excluding hydrogens is 388 g/mol. The number of hydrogen-bond donors (Lipinski definition) is 2. The Bertz CT molecular complexity index is 722. The molecule has 3 rings (SSSR count). The summed E-state index contributed by atoms with van der Waals surface area (Å²) in [5, 5.41) is 19.9. The molecule has 8 nitrogen and oxygen atoms in total. The molecule has 0 saturated carbocycles. The molecule has 0 unspecified atom stereocenters. The third kappa shape index (κ3) is 3.34. The fourth-order valence-corrected chi connectivity index (χ4v) is 5.72. The number of carbonyl (C=O) groups excluding carboxylic acids is 2. The topological polar surface area (TPSA) is 107 Å². The van der Waals surface area contributed by atoms with E-state index < -0.39 is 41.6 Å². The van der Waals surface area contributed by atoms with Crippen molar-refractivity contribution in [3.8, 4) is 0 Å². The van der Waals surface area contributed by atoms with E-state index in [-0.39, 0.29) is 30.4 Å². The molecule has 0 aromatic heterocycles. The van der Waals surface area contributed by atoms with E-state index in [9.17, 15) is 24.6 Å². The number of ether oxygens (including phenoxy) is 1. The summed E-state index contributed by atoms with van der Waals surface area (Å²) in [4.78, 5) is 42.5. The summed E-state index contributed by atoms with van der Waals surface area (Å²) in [5.41, 5.74) is -1.15. The van der Waals surface area contributed by atoms with E-state index in [2.05, 4.69) is 6.58 Å². The maximum absolute atomic E-state index is 13.8. The molecule has 2 N–H and O–H groups in total. The minimum absolute atomic E-state index is 0.130. The van der Waals surface area contributed by atoms with Crippen LogP contribution in [0.15, 0.2) is 12.7 Å². The summed E-state index contributed by atoms with van der Waals surface area (Å²) >= 11 is 0. The van der Waals surface area contributed by atoms with E-state index in [0.29, 0.717) is 25.8 Å². The van der Waals surface area contributed by atoms with Gasteiger partial charge in [0.2, 0.25) is 11.8 Å². The van der Waals surface area contributed by atoms with Crippen LogP contribution < -0.4 is 0 Å². The van der Waals surface area contributed by atoms with Gasteiger partial charge in [-0.1, -0.05) is 19.9 Å². The van der Waals surface area contributed by atoms with Crippen molar-refractivity contribution in [3.05, 3.63) is 12.7 Å². The second-order valence-electron chi connectivity index (χ2n) is 9.48. The zero-order chi connectivity index (χ0) is 22.4. The lowest BCUT2D eigenvalue weighted by molar-refractivity contribution is -0.154. The molecule has 30 heavy (non-hydrogen) atoms. The molecule has 3 fully saturated rings. The lowest BCUT2D eigenvalue weighted by Gasteiger charge is -2.40. The highest BCUT2D eigenvalue weighted by Crippen LogP contribution is 2.59. The number of hydrogen-bond acceptors (Lipinski definition) is 5. The summed E-state index contributed by atoms with van der Waals surface area (Å²) in [5.74, 6) is -3.40. The van der Waals surface area contributed by atoms with Gasteiger partial charge in [-0.2, -0.15) is 0 Å². The van der Waals surface area contributed by atoms with E-state index in [1.54, 1.807) is 11.0 Å². The minimum atomic E-state index is -1.15. The molecule has 8 heteroatoms. The van der Waals surface area contributed by atoms with E-state index in [1.807, 2.05) is 27.7 Å². The normalized spacial score (nSPS) is 33.3. The Hall–Kier alpha value is -1.93. The van der Waals surface area contributed by atoms with E-state index in [4.69, 9.17) is 4.74 Å². The van der Waals surface area contributed by atoms with Crippen LogP contribution in [0, 0.1) is 17.8 Å². The Labute approximate surface area is 177 Å². The van der Waals surface area contributed by atoms with Gasteiger partial charge in [-0.15, -0.1) is 6.58 Å². The van der Waals surface area contributed by atoms with Crippen LogP contribution in [0.25, 0.3) is 0 Å². The Kier molecular flexibility index (Phi) is 6.30. The molecule has 3 saturated heterocycles. The van der Waals surface area contributed by atoms with Crippen molar-refractivity contribution in [1.82, 2.24) is 9.80 Å². The van der Waals surface area contributed by atoms with Crippen LogP contribution >= 0.6 is 0 Å². The maximum Gasteiger partial charge on any atom is 0.310 e. The van der Waals surface area contributed by atoms with Crippen LogP contribution in [0.5, 0.6) is 0 Å². The number of aliphatic hydroxyl groups excluding tert-OH is 1. The van der Waals surface area contributed by atoms with Gasteiger partial charge < -0.3 is 24.7 Å². The zero-order valence-corrected chi connectivity index (χ0v) is 18.3. The quantitative estimate of drug-likeness (QED) is 0.542. The molecule has 3 aliphatic rings. The summed E-state index contributed by atoms with van der Waals surface area (Å²) in [6.45, 7) is 11.5. The predicted octanol–water partition coefficient (Wildman–Crippen LogP) is 1.28. The maximum atomic E-state index is 13.8. The third-order valence-electron chi connectivity index (χ3n) is 6.84. The summed E-state index contributed by atoms with van der Waals surface area (Å²) in [6, 6.07) is -1.64. The molecule has 1 spiro atoms. The molecular formula is C22H34N2O6. The number of aliphatic carboxylic acids is 1. The van der Waals surface area contributed by atoms with Gasteiger partial charge in [-0.3, -0.25) is 14.4 Å². The van der Waals surface area contributed by atoms with E-state index >= 15 is 0 Å². The Morgan fingerprint density at radius 1 is 1.37 bits per heavy atom. The summed E-state index contributed by atoms with van der Waals surface area (Å²) in [6.07, 6.45) is 2.57. The minimum Gasteiger partial charge on any atom is -0.481 e. The van der Waals surface area contributed by atoms with Crippen molar-refractivity contribution in [3.63, 3.8) is 0 Å². The van der Waals surface area contributed by atoms with Crippen molar-refractivity contribution < 1.29 is 29.3 Å². The van der Waals surface area contributed by atoms with Crippen molar-refractivity contribution >= 4 is 17.8 Å². The van der Waals surface area contributed by atoms with E-state index in [1.165, 1.54) is 4.90 Å². The molecule has 6 atom stereocenters. The van der Waals surface area contributed by atoms with Crippen molar-refractivity contribution in [1.29, 1.82) is 0 Å². The average Bonchev–Trinajstić information content (AvgIpc) is 3.30. The van der Waals surface area contributed by atoms with Gasteiger partial charge in [-0.05, 0) is 39.0 Å². The second-order valence-corrected chi connectivity index (χ2v) is 9.48. The lowest BCUT2D eigenvalue weighted by atomic mass is 9.70. The molecule has 168 valence electrons. The van der Waals surface area contributed by atoms with Gasteiger partial charge in [0.15, 0.2) is 0 Å². The number of nitrogens with zero attached hydrogens (tertiary/aromatic N) is 2. The highest BCUT2D eigenvalue weighted by Gasteiger charge is 2.75. The SMILES string of the molecule is C=CCN(C(=O)[C@@H]1N([C@@H](CO)CC(C)C)C(=O)[C@H]2[C@H](C(=O)O)[C@@H]3CC[C@]12O3)C(C)C. The van der Waals surface area contributed by atoms with Gasteiger partial charge >= 0.3 is 5.97 Å². The number of amides is 2. The number of likely N-dealkylation sites (tertiary alicyclic amines) is 1. The van der Waals surface area contributed by atoms with Crippen molar-refractivity contribution in [2.45, 2.75) is 76.8 Å². The van der Waals surface area contributed by atoms with Crippen LogP contribution in [0.1, 0.15) is 47.0 Å². The fourth-order valence-electron chi connectivity index (χ4n) is 5.72. The van der Waals surface area contributed by atoms with Crippen molar-refractivity contribution in [2.24, 2.45) is 17.8 Å². The Morgan fingerprint density at radius 3 is 2.53 bits per heavy atom. The molecule has 0 aromatic carbocycles. The van der Waals surface area contributed by atoms with Gasteiger partial charge in [0.05, 0.1) is 30.6 Å². The van der Waals surface area contributed by atoms with E-state index in [0.717, 1.165) is 0 Å². The van der Waals surface area contributed by atoms with Gasteiger partial charge in [0.1, 0.15) is 11.6 Å². The van der Waals surface area contributed by atoms with Crippen molar-refractivity contribution in [2.75, 3.05) is 13.2 Å². The summed E-state index contributed by atoms with van der Waals surface area (Å²) < 4.78 is 6.20. The number of carbonyl (C=O) groups is 3. The van der Waals surface area contributed by atoms with Crippen LogP contribution in [-0.2, 0) is 19.1 Å². The van der Waals surface area contributed by atoms with Gasteiger partial charge in [-0.25, -0.2) is 0 Å². The van der Waals surface area contributed by atoms with Crippen LogP contribution in [0.3, 0.4) is 0 Å². The first-order valence-electron chi connectivity index (χ1n) is 10.9. The number of aliphatic hydroxyl groups is 1. The van der Waals surface area contributed by atoms with Gasteiger partial charge in [0.25, 0.3) is 0 Å². The van der Waals surface area contributed by atoms with Gasteiger partial charge in [0, 0.05) is 12.6 Å². The molecule has 0 aromatic rings. The first kappa shape index (κ1) is 22.7. The number of fused-ring (bicyclic) bond motifs is 1. The molecule has 2 bridgehead atoms. The third-order valence-corrected chi connectivity index (χ3v) is 6.84. The smallest absolute Gasteiger partial charge is 0.310 e. The first-order chi connectivity index (χ1) is 14.1. The Morgan fingerprint density at radius 2 is 2.03 bits per heavy atom. The lowest BCUT2D eigenvalue weighted by Crippen LogP contribution is -2.59. The molecule has 3 aliphatic heterocycles. The second kappa shape index (κ2) is 8.30. The number of carboxylic acid groups (broad SMARTS) is 1. The first-order valence-corrected chi connectivity index (χ1v) is 10.9. The predicted molar refractivity (Wildman–Crippen MR) is 109 cm³/mol. The Balaban J connectivity index is 2.10. The monoisotopic (exact) mass is 422 g/mol. The van der Waals surface area contributed by atoms with Crippen LogP contribution in [-0.4, -0.2) is 80.8 Å².